The number of urea groups is 1. The summed E-state index contributed by atoms with van der Waals surface area (Å²) in [6.45, 7) is 1.59. The summed E-state index contributed by atoms with van der Waals surface area (Å²) in [6.07, 6.45) is 4.20. The lowest BCUT2D eigenvalue weighted by Gasteiger charge is -2.24. The van der Waals surface area contributed by atoms with Gasteiger partial charge in [0.15, 0.2) is 0 Å². The van der Waals surface area contributed by atoms with E-state index in [9.17, 15) is 4.79 Å². The second-order valence-corrected chi connectivity index (χ2v) is 7.36. The van der Waals surface area contributed by atoms with Gasteiger partial charge < -0.3 is 9.64 Å². The normalized spacial score (nSPS) is 23.8. The third-order valence-corrected chi connectivity index (χ3v) is 5.75. The Hall–Kier alpha value is -1.86. The van der Waals surface area contributed by atoms with Gasteiger partial charge in [-0.05, 0) is 37.1 Å². The predicted octanol–water partition coefficient (Wildman–Crippen LogP) is 3.70. The van der Waals surface area contributed by atoms with Crippen LogP contribution in [0.2, 0.25) is 0 Å². The molecule has 0 unspecified atom stereocenters. The minimum Gasteiger partial charge on any atom is -0.372 e. The van der Waals surface area contributed by atoms with Crippen LogP contribution in [-0.2, 0) is 11.8 Å². The second-order valence-electron chi connectivity index (χ2n) is 6.38. The lowest BCUT2D eigenvalue weighted by molar-refractivity contribution is 0.108. The Morgan fingerprint density at radius 3 is 3.08 bits per heavy atom. The molecule has 2 fully saturated rings. The summed E-state index contributed by atoms with van der Waals surface area (Å²) in [5.41, 5.74) is 0.904. The van der Waals surface area contributed by atoms with Crippen LogP contribution >= 0.6 is 11.3 Å². The number of nitrogens with zero attached hydrogens (tertiary/aromatic N) is 3. The van der Waals surface area contributed by atoms with Crippen molar-refractivity contribution in [2.75, 3.05) is 18.5 Å². The number of hydrogen-bond acceptors (Lipinski definition) is 4. The number of anilines is 1. The fourth-order valence-electron chi connectivity index (χ4n) is 3.54. The molecule has 2 aliphatic rings. The summed E-state index contributed by atoms with van der Waals surface area (Å²) in [5.74, 6) is 0.724. The van der Waals surface area contributed by atoms with E-state index in [1.165, 1.54) is 4.88 Å². The summed E-state index contributed by atoms with van der Waals surface area (Å²) in [4.78, 5) is 15.9. The topological polar surface area (TPSA) is 59.4 Å². The lowest BCUT2D eigenvalue weighted by atomic mass is 10.2. The van der Waals surface area contributed by atoms with E-state index in [1.807, 2.05) is 24.1 Å². The van der Waals surface area contributed by atoms with Crippen molar-refractivity contribution in [1.82, 2.24) is 14.7 Å². The van der Waals surface area contributed by atoms with Crippen LogP contribution in [0.1, 0.15) is 48.4 Å². The zero-order valence-corrected chi connectivity index (χ0v) is 14.6. The van der Waals surface area contributed by atoms with Crippen molar-refractivity contribution >= 4 is 23.2 Å². The minimum absolute atomic E-state index is 0.0483. The molecule has 0 aromatic carbocycles. The van der Waals surface area contributed by atoms with E-state index in [1.54, 1.807) is 16.0 Å². The molecule has 0 bridgehead atoms. The van der Waals surface area contributed by atoms with Gasteiger partial charge in [0.05, 0.1) is 11.7 Å². The second kappa shape index (κ2) is 6.57. The summed E-state index contributed by atoms with van der Waals surface area (Å²) in [6, 6.07) is 6.23. The van der Waals surface area contributed by atoms with E-state index >= 15 is 0 Å². The first-order valence-electron chi connectivity index (χ1n) is 8.49. The van der Waals surface area contributed by atoms with Gasteiger partial charge in [-0.25, -0.2) is 4.79 Å². The molecule has 0 aliphatic carbocycles. The number of amides is 2. The van der Waals surface area contributed by atoms with Gasteiger partial charge in [0.2, 0.25) is 0 Å². The van der Waals surface area contributed by atoms with E-state index in [0.717, 1.165) is 50.3 Å². The maximum atomic E-state index is 12.8. The molecule has 4 rings (SSSR count). The number of carbonyl (C=O) groups excluding carboxylic acids is 1. The maximum absolute atomic E-state index is 12.8. The monoisotopic (exact) mass is 346 g/mol. The molecule has 2 aromatic rings. The van der Waals surface area contributed by atoms with Gasteiger partial charge in [-0.1, -0.05) is 6.07 Å². The Morgan fingerprint density at radius 1 is 1.42 bits per heavy atom. The average Bonchev–Trinajstić information content (AvgIpc) is 3.36. The van der Waals surface area contributed by atoms with Gasteiger partial charge >= 0.3 is 6.03 Å². The Kier molecular flexibility index (Phi) is 4.28. The quantitative estimate of drug-likeness (QED) is 0.922. The zero-order valence-electron chi connectivity index (χ0n) is 13.8. The molecule has 0 saturated carbocycles. The number of hydrogen-bond donors (Lipinski definition) is 1. The first kappa shape index (κ1) is 15.7. The van der Waals surface area contributed by atoms with Crippen molar-refractivity contribution < 1.29 is 9.53 Å². The molecule has 1 N–H and O–H groups in total. The van der Waals surface area contributed by atoms with Crippen LogP contribution in [0.3, 0.4) is 0 Å². The zero-order chi connectivity index (χ0) is 16.5. The molecule has 24 heavy (non-hydrogen) atoms. The highest BCUT2D eigenvalue weighted by Crippen LogP contribution is 2.35. The molecule has 128 valence electrons. The molecular formula is C17H22N4O2S. The van der Waals surface area contributed by atoms with Gasteiger partial charge in [0.25, 0.3) is 0 Å². The Balaban J connectivity index is 1.47. The SMILES string of the molecule is Cn1nc([C@@H]2CCCO2)cc1NC(=O)N1CCC[C@H]1c1cccs1. The Bertz CT molecular complexity index is 706. The highest BCUT2D eigenvalue weighted by atomic mass is 32.1. The molecule has 6 nitrogen and oxygen atoms in total. The molecule has 0 spiro atoms. The molecule has 2 aromatic heterocycles. The summed E-state index contributed by atoms with van der Waals surface area (Å²) < 4.78 is 7.41. The van der Waals surface area contributed by atoms with Crippen LogP contribution in [-0.4, -0.2) is 33.9 Å². The van der Waals surface area contributed by atoms with Crippen LogP contribution in [0.5, 0.6) is 0 Å². The van der Waals surface area contributed by atoms with Crippen LogP contribution in [0, 0.1) is 0 Å². The lowest BCUT2D eigenvalue weighted by Crippen LogP contribution is -2.34. The third-order valence-electron chi connectivity index (χ3n) is 4.78. The fourth-order valence-corrected chi connectivity index (χ4v) is 4.42. The molecule has 4 heterocycles. The molecular weight excluding hydrogens is 324 g/mol. The van der Waals surface area contributed by atoms with Gasteiger partial charge in [-0.15, -0.1) is 11.3 Å². The van der Waals surface area contributed by atoms with Crippen molar-refractivity contribution in [3.63, 3.8) is 0 Å². The van der Waals surface area contributed by atoms with Crippen molar-refractivity contribution in [2.45, 2.75) is 37.8 Å². The van der Waals surface area contributed by atoms with Gasteiger partial charge in [0.1, 0.15) is 11.9 Å². The van der Waals surface area contributed by atoms with Gasteiger partial charge in [0, 0.05) is 31.1 Å². The van der Waals surface area contributed by atoms with Crippen LogP contribution in [0.4, 0.5) is 10.6 Å². The molecule has 2 aliphatic heterocycles. The van der Waals surface area contributed by atoms with Crippen LogP contribution in [0.15, 0.2) is 23.6 Å². The molecule has 7 heteroatoms. The first-order valence-corrected chi connectivity index (χ1v) is 9.37. The Labute approximate surface area is 145 Å². The fraction of sp³-hybridized carbons (Fsp3) is 0.529. The number of rotatable bonds is 3. The molecule has 0 radical (unpaired) electrons. The number of thiophene rings is 1. The molecule has 2 saturated heterocycles. The number of aryl methyl sites for hydroxylation is 1. The van der Waals surface area contributed by atoms with E-state index in [0.29, 0.717) is 0 Å². The standard InChI is InChI=1S/C17H22N4O2S/c1-20-16(11-12(19-20)14-6-3-9-23-14)18-17(22)21-8-2-5-13(21)15-7-4-10-24-15/h4,7,10-11,13-14H,2-3,5-6,8-9H2,1H3,(H,18,22)/t13-,14-/m0/s1. The average molecular weight is 346 g/mol. The van der Waals surface area contributed by atoms with E-state index in [4.69, 9.17) is 4.74 Å². The smallest absolute Gasteiger partial charge is 0.323 e. The summed E-state index contributed by atoms with van der Waals surface area (Å²) in [7, 11) is 1.86. The summed E-state index contributed by atoms with van der Waals surface area (Å²) >= 11 is 1.72. The predicted molar refractivity (Wildman–Crippen MR) is 93.2 cm³/mol. The number of nitrogens with one attached hydrogen (secondary N) is 1. The number of aromatic nitrogens is 2. The first-order chi connectivity index (χ1) is 11.7. The van der Waals surface area contributed by atoms with Crippen LogP contribution < -0.4 is 5.32 Å². The number of carbonyl (C=O) groups is 1. The molecule has 2 atom stereocenters. The van der Waals surface area contributed by atoms with Crippen molar-refractivity contribution in [2.24, 2.45) is 7.05 Å². The highest BCUT2D eigenvalue weighted by Gasteiger charge is 2.31. The van der Waals surface area contributed by atoms with E-state index in [-0.39, 0.29) is 18.2 Å². The van der Waals surface area contributed by atoms with Crippen molar-refractivity contribution in [3.8, 4) is 0 Å². The molecule has 2 amide bonds. The minimum atomic E-state index is -0.0483. The van der Waals surface area contributed by atoms with Crippen LogP contribution in [0.25, 0.3) is 0 Å². The number of likely N-dealkylation sites (tertiary alicyclic amines) is 1. The largest absolute Gasteiger partial charge is 0.372 e. The van der Waals surface area contributed by atoms with Gasteiger partial charge in [-0.3, -0.25) is 10.00 Å². The summed E-state index contributed by atoms with van der Waals surface area (Å²) in [5, 5.41) is 9.59. The van der Waals surface area contributed by atoms with Gasteiger partial charge in [-0.2, -0.15) is 5.10 Å². The van der Waals surface area contributed by atoms with Crippen molar-refractivity contribution in [3.05, 3.63) is 34.2 Å². The van der Waals surface area contributed by atoms with E-state index in [2.05, 4.69) is 21.9 Å². The third kappa shape index (κ3) is 2.93. The maximum Gasteiger partial charge on any atom is 0.323 e. The Morgan fingerprint density at radius 2 is 2.33 bits per heavy atom. The highest BCUT2D eigenvalue weighted by molar-refractivity contribution is 7.10. The number of ether oxygens (including phenoxy) is 1. The van der Waals surface area contributed by atoms with Crippen molar-refractivity contribution in [1.29, 1.82) is 0 Å². The van der Waals surface area contributed by atoms with E-state index < -0.39 is 0 Å².